The lowest BCUT2D eigenvalue weighted by Gasteiger charge is -2.34. The van der Waals surface area contributed by atoms with E-state index < -0.39 is 0 Å². The van der Waals surface area contributed by atoms with Crippen LogP contribution in [0.15, 0.2) is 24.3 Å². The maximum absolute atomic E-state index is 12.7. The zero-order valence-electron chi connectivity index (χ0n) is 14.8. The Morgan fingerprint density at radius 1 is 1.29 bits per heavy atom. The molecule has 1 aromatic carbocycles. The molecule has 1 N–H and O–H groups in total. The van der Waals surface area contributed by atoms with E-state index in [1.54, 1.807) is 0 Å². The van der Waals surface area contributed by atoms with Gasteiger partial charge in [-0.05, 0) is 37.8 Å². The SMILES string of the molecule is CCC(C)C(C)N(C(=O)NCC1COc2ccccc2O1)C1CC1. The van der Waals surface area contributed by atoms with Crippen LogP contribution in [0, 0.1) is 5.92 Å². The van der Waals surface area contributed by atoms with Gasteiger partial charge in [-0.15, -0.1) is 0 Å². The first-order chi connectivity index (χ1) is 11.6. The van der Waals surface area contributed by atoms with Crippen LogP contribution in [-0.2, 0) is 0 Å². The maximum atomic E-state index is 12.7. The molecule has 132 valence electrons. The van der Waals surface area contributed by atoms with E-state index in [0.717, 1.165) is 30.8 Å². The summed E-state index contributed by atoms with van der Waals surface area (Å²) < 4.78 is 11.6. The molecule has 1 fully saturated rings. The molecule has 0 aromatic heterocycles. The van der Waals surface area contributed by atoms with E-state index in [2.05, 4.69) is 26.1 Å². The highest BCUT2D eigenvalue weighted by molar-refractivity contribution is 5.75. The van der Waals surface area contributed by atoms with Crippen molar-refractivity contribution in [1.82, 2.24) is 10.2 Å². The minimum absolute atomic E-state index is 0.0211. The molecule has 0 radical (unpaired) electrons. The Morgan fingerprint density at radius 3 is 2.67 bits per heavy atom. The average Bonchev–Trinajstić information content (AvgIpc) is 3.44. The smallest absolute Gasteiger partial charge is 0.318 e. The number of para-hydroxylation sites is 2. The summed E-state index contributed by atoms with van der Waals surface area (Å²) in [6, 6.07) is 8.31. The molecule has 24 heavy (non-hydrogen) atoms. The maximum Gasteiger partial charge on any atom is 0.318 e. The Labute approximate surface area is 144 Å². The second-order valence-electron chi connectivity index (χ2n) is 6.95. The van der Waals surface area contributed by atoms with Crippen LogP contribution in [0.25, 0.3) is 0 Å². The van der Waals surface area contributed by atoms with Gasteiger partial charge in [0, 0.05) is 12.1 Å². The van der Waals surface area contributed by atoms with Crippen molar-refractivity contribution in [3.63, 3.8) is 0 Å². The largest absolute Gasteiger partial charge is 0.486 e. The minimum Gasteiger partial charge on any atom is -0.486 e. The van der Waals surface area contributed by atoms with Gasteiger partial charge in [0.1, 0.15) is 6.61 Å². The summed E-state index contributed by atoms with van der Waals surface area (Å²) in [6.07, 6.45) is 3.16. The summed E-state index contributed by atoms with van der Waals surface area (Å²) >= 11 is 0. The van der Waals surface area contributed by atoms with Gasteiger partial charge in [0.15, 0.2) is 17.6 Å². The first-order valence-electron chi connectivity index (χ1n) is 9.04. The van der Waals surface area contributed by atoms with Crippen LogP contribution < -0.4 is 14.8 Å². The second kappa shape index (κ2) is 7.32. The molecule has 0 spiro atoms. The van der Waals surface area contributed by atoms with E-state index in [9.17, 15) is 4.79 Å². The fourth-order valence-electron chi connectivity index (χ4n) is 3.11. The number of amides is 2. The van der Waals surface area contributed by atoms with Crippen molar-refractivity contribution in [2.45, 2.75) is 58.2 Å². The number of nitrogens with one attached hydrogen (secondary N) is 1. The summed E-state index contributed by atoms with van der Waals surface area (Å²) in [4.78, 5) is 14.7. The third-order valence-electron chi connectivity index (χ3n) is 5.13. The lowest BCUT2D eigenvalue weighted by atomic mass is 9.99. The summed E-state index contributed by atoms with van der Waals surface area (Å²) in [6.45, 7) is 7.46. The summed E-state index contributed by atoms with van der Waals surface area (Å²) in [5, 5.41) is 3.05. The molecule has 3 rings (SSSR count). The summed E-state index contributed by atoms with van der Waals surface area (Å²) in [7, 11) is 0. The minimum atomic E-state index is -0.149. The quantitative estimate of drug-likeness (QED) is 0.868. The summed E-state index contributed by atoms with van der Waals surface area (Å²) in [5.41, 5.74) is 0. The van der Waals surface area contributed by atoms with E-state index in [1.807, 2.05) is 29.2 Å². The molecule has 1 aliphatic carbocycles. The van der Waals surface area contributed by atoms with E-state index in [4.69, 9.17) is 9.47 Å². The van der Waals surface area contributed by atoms with E-state index in [-0.39, 0.29) is 18.2 Å². The first-order valence-corrected chi connectivity index (χ1v) is 9.04. The molecule has 1 heterocycles. The molecule has 1 aliphatic heterocycles. The number of urea groups is 1. The normalized spacial score (nSPS) is 21.7. The van der Waals surface area contributed by atoms with Gasteiger partial charge in [0.25, 0.3) is 0 Å². The number of fused-ring (bicyclic) bond motifs is 1. The Kier molecular flexibility index (Phi) is 5.17. The van der Waals surface area contributed by atoms with Gasteiger partial charge in [-0.3, -0.25) is 0 Å². The highest BCUT2D eigenvalue weighted by atomic mass is 16.6. The zero-order valence-corrected chi connectivity index (χ0v) is 14.8. The number of carbonyl (C=O) groups is 1. The fraction of sp³-hybridized carbons (Fsp3) is 0.632. The molecule has 5 nitrogen and oxygen atoms in total. The summed E-state index contributed by atoms with van der Waals surface area (Å²) in [5.74, 6) is 2.01. The molecule has 3 unspecified atom stereocenters. The van der Waals surface area contributed by atoms with E-state index >= 15 is 0 Å². The predicted octanol–water partition coefficient (Wildman–Crippen LogP) is 3.44. The van der Waals surface area contributed by atoms with E-state index in [0.29, 0.717) is 25.1 Å². The number of ether oxygens (including phenoxy) is 2. The molecule has 0 saturated heterocycles. The van der Waals surface area contributed by atoms with Crippen molar-refractivity contribution < 1.29 is 14.3 Å². The van der Waals surface area contributed by atoms with E-state index in [1.165, 1.54) is 0 Å². The Morgan fingerprint density at radius 2 is 2.00 bits per heavy atom. The lowest BCUT2D eigenvalue weighted by Crippen LogP contribution is -2.51. The van der Waals surface area contributed by atoms with Crippen molar-refractivity contribution >= 4 is 6.03 Å². The number of benzene rings is 1. The monoisotopic (exact) mass is 332 g/mol. The molecule has 2 aliphatic rings. The van der Waals surface area contributed by atoms with Gasteiger partial charge in [-0.2, -0.15) is 0 Å². The number of hydrogen-bond acceptors (Lipinski definition) is 3. The van der Waals surface area contributed by atoms with Crippen molar-refractivity contribution in [2.75, 3.05) is 13.2 Å². The highest BCUT2D eigenvalue weighted by Crippen LogP contribution is 2.32. The fourth-order valence-corrected chi connectivity index (χ4v) is 3.11. The van der Waals surface area contributed by atoms with Crippen molar-refractivity contribution in [3.05, 3.63) is 24.3 Å². The third kappa shape index (κ3) is 3.77. The molecule has 1 saturated carbocycles. The van der Waals surface area contributed by atoms with Gasteiger partial charge in [-0.25, -0.2) is 4.79 Å². The number of rotatable bonds is 6. The molecule has 5 heteroatoms. The first kappa shape index (κ1) is 16.9. The average molecular weight is 332 g/mol. The topological polar surface area (TPSA) is 50.8 Å². The third-order valence-corrected chi connectivity index (χ3v) is 5.13. The van der Waals surface area contributed by atoms with Crippen molar-refractivity contribution in [2.24, 2.45) is 5.92 Å². The zero-order chi connectivity index (χ0) is 17.1. The molecular weight excluding hydrogens is 304 g/mol. The highest BCUT2D eigenvalue weighted by Gasteiger charge is 2.37. The van der Waals surface area contributed by atoms with Crippen LogP contribution >= 0.6 is 0 Å². The Bertz CT molecular complexity index is 573. The van der Waals surface area contributed by atoms with Crippen LogP contribution in [0.1, 0.15) is 40.0 Å². The van der Waals surface area contributed by atoms with Crippen molar-refractivity contribution in [1.29, 1.82) is 0 Å². The number of hydrogen-bond donors (Lipinski definition) is 1. The predicted molar refractivity (Wildman–Crippen MR) is 93.5 cm³/mol. The van der Waals surface area contributed by atoms with Gasteiger partial charge < -0.3 is 19.7 Å². The Balaban J connectivity index is 1.55. The van der Waals surface area contributed by atoms with Gasteiger partial charge in [-0.1, -0.05) is 32.4 Å². The van der Waals surface area contributed by atoms with Crippen LogP contribution in [0.5, 0.6) is 11.5 Å². The van der Waals surface area contributed by atoms with Gasteiger partial charge in [0.2, 0.25) is 0 Å². The van der Waals surface area contributed by atoms with Crippen LogP contribution in [0.2, 0.25) is 0 Å². The number of carbonyl (C=O) groups excluding carboxylic acids is 1. The van der Waals surface area contributed by atoms with Crippen molar-refractivity contribution in [3.8, 4) is 11.5 Å². The van der Waals surface area contributed by atoms with Gasteiger partial charge in [0.05, 0.1) is 6.54 Å². The number of nitrogens with zero attached hydrogens (tertiary/aromatic N) is 1. The van der Waals surface area contributed by atoms with Crippen LogP contribution in [0.4, 0.5) is 4.79 Å². The van der Waals surface area contributed by atoms with Crippen LogP contribution in [0.3, 0.4) is 0 Å². The lowest BCUT2D eigenvalue weighted by molar-refractivity contribution is 0.0878. The molecule has 3 atom stereocenters. The Hall–Kier alpha value is -1.91. The second-order valence-corrected chi connectivity index (χ2v) is 6.95. The molecular formula is C19H28N2O3. The molecule has 0 bridgehead atoms. The van der Waals surface area contributed by atoms with Gasteiger partial charge >= 0.3 is 6.03 Å². The van der Waals surface area contributed by atoms with Crippen LogP contribution in [-0.4, -0.2) is 42.3 Å². The standard InChI is InChI=1S/C19H28N2O3/c1-4-13(2)14(3)21(15-9-10-15)19(22)20-11-16-12-23-17-7-5-6-8-18(17)24-16/h5-8,13-16H,4,9-12H2,1-3H3,(H,20,22). The molecule has 2 amide bonds. The molecule has 1 aromatic rings.